The van der Waals surface area contributed by atoms with Gasteiger partial charge in [0.15, 0.2) is 5.65 Å². The van der Waals surface area contributed by atoms with Gasteiger partial charge in [-0.3, -0.25) is 4.98 Å². The first-order chi connectivity index (χ1) is 15.4. The van der Waals surface area contributed by atoms with E-state index in [1.54, 1.807) is 31.2 Å². The number of rotatable bonds is 10. The average molecular weight is 480 g/mol. The summed E-state index contributed by atoms with van der Waals surface area (Å²) in [7, 11) is 0. The number of nitrogens with zero attached hydrogens (tertiary/aromatic N) is 2. The number of esters is 1. The lowest BCUT2D eigenvalue weighted by molar-refractivity contribution is 0.0527. The molecule has 0 fully saturated rings. The minimum absolute atomic E-state index is 0.0698. The standard InChI is InChI=1S/C23H27Cl2N3O4/c1-4-7-8-14(5-2)13-32-22-26-20-17(15-9-11-16(24)12-10-15)18(21(29)31-6-3)19(25)28(20)23(30)27-22/h9-12,14H,4-8,13H2,1-3H3,(H,26,27,30). The highest BCUT2D eigenvalue weighted by molar-refractivity contribution is 6.34. The van der Waals surface area contributed by atoms with Crippen LogP contribution in [-0.2, 0) is 4.74 Å². The maximum absolute atomic E-state index is 12.9. The van der Waals surface area contributed by atoms with Gasteiger partial charge in [0, 0.05) is 10.6 Å². The molecule has 0 amide bonds. The van der Waals surface area contributed by atoms with E-state index in [2.05, 4.69) is 23.8 Å². The number of ether oxygens (including phenoxy) is 2. The molecule has 3 rings (SSSR count). The fraction of sp³-hybridized carbons (Fsp3) is 0.435. The van der Waals surface area contributed by atoms with Crippen LogP contribution in [-0.4, -0.2) is 33.6 Å². The number of benzene rings is 1. The quantitative estimate of drug-likeness (QED) is 0.373. The second-order valence-corrected chi connectivity index (χ2v) is 8.30. The van der Waals surface area contributed by atoms with Gasteiger partial charge in [0.1, 0.15) is 10.7 Å². The van der Waals surface area contributed by atoms with Crippen LogP contribution in [0.15, 0.2) is 29.1 Å². The number of aromatic amines is 1. The zero-order chi connectivity index (χ0) is 23.3. The van der Waals surface area contributed by atoms with Gasteiger partial charge < -0.3 is 9.47 Å². The normalized spacial score (nSPS) is 12.2. The first-order valence-corrected chi connectivity index (χ1v) is 11.6. The zero-order valence-electron chi connectivity index (χ0n) is 18.4. The molecule has 9 heteroatoms. The Morgan fingerprint density at radius 2 is 1.91 bits per heavy atom. The van der Waals surface area contributed by atoms with E-state index in [1.165, 1.54) is 0 Å². The van der Waals surface area contributed by atoms with Crippen molar-refractivity contribution >= 4 is 34.8 Å². The van der Waals surface area contributed by atoms with Crippen LogP contribution in [0.1, 0.15) is 56.8 Å². The molecule has 1 aromatic carbocycles. The highest BCUT2D eigenvalue weighted by atomic mass is 35.5. The third-order valence-corrected chi connectivity index (χ3v) is 5.93. The van der Waals surface area contributed by atoms with Crippen molar-refractivity contribution in [3.05, 3.63) is 50.5 Å². The maximum Gasteiger partial charge on any atom is 0.341 e. The van der Waals surface area contributed by atoms with E-state index in [0.717, 1.165) is 30.1 Å². The summed E-state index contributed by atoms with van der Waals surface area (Å²) in [6.07, 6.45) is 4.23. The summed E-state index contributed by atoms with van der Waals surface area (Å²) in [5.41, 5.74) is 0.739. The lowest BCUT2D eigenvalue weighted by Crippen LogP contribution is -2.21. The number of carbonyl (C=O) groups is 1. The van der Waals surface area contributed by atoms with E-state index in [-0.39, 0.29) is 29.0 Å². The van der Waals surface area contributed by atoms with Gasteiger partial charge in [-0.2, -0.15) is 4.98 Å². The van der Waals surface area contributed by atoms with E-state index >= 15 is 0 Å². The Labute approximate surface area is 196 Å². The van der Waals surface area contributed by atoms with Gasteiger partial charge in [0.2, 0.25) is 0 Å². The Balaban J connectivity index is 2.12. The molecule has 2 aromatic heterocycles. The summed E-state index contributed by atoms with van der Waals surface area (Å²) >= 11 is 12.5. The summed E-state index contributed by atoms with van der Waals surface area (Å²) in [6, 6.07) is 6.92. The Bertz CT molecular complexity index is 1140. The number of carbonyl (C=O) groups excluding carboxylic acids is 1. The number of fused-ring (bicyclic) bond motifs is 1. The number of hydrogen-bond acceptors (Lipinski definition) is 5. The fourth-order valence-electron chi connectivity index (χ4n) is 3.54. The number of halogens is 2. The van der Waals surface area contributed by atoms with Crippen molar-refractivity contribution in [2.45, 2.75) is 46.5 Å². The Hall–Kier alpha value is -2.51. The molecule has 32 heavy (non-hydrogen) atoms. The molecule has 0 aliphatic heterocycles. The molecule has 1 N–H and O–H groups in total. The van der Waals surface area contributed by atoms with Crippen molar-refractivity contribution in [2.75, 3.05) is 13.2 Å². The number of aromatic nitrogens is 3. The van der Waals surface area contributed by atoms with Gasteiger partial charge in [-0.15, -0.1) is 0 Å². The predicted octanol–water partition coefficient (Wildman–Crippen LogP) is 5.77. The second kappa shape index (κ2) is 10.9. The van der Waals surface area contributed by atoms with Crippen molar-refractivity contribution < 1.29 is 14.3 Å². The predicted molar refractivity (Wildman–Crippen MR) is 126 cm³/mol. The SMILES string of the molecule is CCCCC(CC)COc1nc2c(-c3ccc(Cl)cc3)c(C(=O)OCC)c(Cl)n2c(=O)[nH]1. The van der Waals surface area contributed by atoms with Crippen LogP contribution in [0.3, 0.4) is 0 Å². The molecule has 0 bridgehead atoms. The fourth-order valence-corrected chi connectivity index (χ4v) is 3.99. The third kappa shape index (κ3) is 5.10. The smallest absolute Gasteiger partial charge is 0.341 e. The van der Waals surface area contributed by atoms with E-state index in [4.69, 9.17) is 32.7 Å². The number of H-pyrrole nitrogens is 1. The molecular formula is C23H27Cl2N3O4. The van der Waals surface area contributed by atoms with E-state index in [0.29, 0.717) is 28.7 Å². The van der Waals surface area contributed by atoms with Gasteiger partial charge >= 0.3 is 11.7 Å². The summed E-state index contributed by atoms with van der Waals surface area (Å²) < 4.78 is 12.2. The Morgan fingerprint density at radius 1 is 1.19 bits per heavy atom. The minimum atomic E-state index is -0.638. The van der Waals surface area contributed by atoms with Gasteiger partial charge in [-0.25, -0.2) is 14.0 Å². The van der Waals surface area contributed by atoms with Crippen LogP contribution in [0, 0.1) is 5.92 Å². The molecule has 0 aliphatic rings. The first-order valence-electron chi connectivity index (χ1n) is 10.8. The molecule has 0 radical (unpaired) electrons. The molecule has 2 heterocycles. The van der Waals surface area contributed by atoms with Crippen molar-refractivity contribution in [1.82, 2.24) is 14.4 Å². The molecule has 7 nitrogen and oxygen atoms in total. The molecule has 172 valence electrons. The van der Waals surface area contributed by atoms with E-state index < -0.39 is 11.7 Å². The Kier molecular flexibility index (Phi) is 8.21. The van der Waals surface area contributed by atoms with Crippen molar-refractivity contribution in [2.24, 2.45) is 5.92 Å². The van der Waals surface area contributed by atoms with Gasteiger partial charge in [0.05, 0.1) is 13.2 Å². The van der Waals surface area contributed by atoms with Crippen LogP contribution >= 0.6 is 23.2 Å². The topological polar surface area (TPSA) is 85.7 Å². The molecular weight excluding hydrogens is 453 g/mol. The average Bonchev–Trinajstić information content (AvgIpc) is 3.07. The summed E-state index contributed by atoms with van der Waals surface area (Å²) in [5, 5.41) is 0.464. The monoisotopic (exact) mass is 479 g/mol. The zero-order valence-corrected chi connectivity index (χ0v) is 19.9. The Morgan fingerprint density at radius 3 is 2.53 bits per heavy atom. The maximum atomic E-state index is 12.9. The van der Waals surface area contributed by atoms with Gasteiger partial charge in [-0.1, -0.05) is 68.4 Å². The van der Waals surface area contributed by atoms with Crippen LogP contribution in [0.2, 0.25) is 10.2 Å². The largest absolute Gasteiger partial charge is 0.464 e. The van der Waals surface area contributed by atoms with Crippen LogP contribution < -0.4 is 10.4 Å². The highest BCUT2D eigenvalue weighted by Gasteiger charge is 2.28. The molecule has 0 aliphatic carbocycles. The third-order valence-electron chi connectivity index (χ3n) is 5.32. The number of nitrogens with one attached hydrogen (secondary N) is 1. The number of unbranched alkanes of at least 4 members (excludes halogenated alkanes) is 1. The molecule has 1 unspecified atom stereocenters. The minimum Gasteiger partial charge on any atom is -0.464 e. The second-order valence-electron chi connectivity index (χ2n) is 7.50. The molecule has 3 aromatic rings. The van der Waals surface area contributed by atoms with Crippen molar-refractivity contribution in [1.29, 1.82) is 0 Å². The first kappa shape index (κ1) is 24.1. The lowest BCUT2D eigenvalue weighted by atomic mass is 10.0. The van der Waals surface area contributed by atoms with Crippen LogP contribution in [0.4, 0.5) is 0 Å². The lowest BCUT2D eigenvalue weighted by Gasteiger charge is -2.14. The summed E-state index contributed by atoms with van der Waals surface area (Å²) in [5.74, 6) is -0.280. The molecule has 1 atom stereocenters. The molecule has 0 spiro atoms. The van der Waals surface area contributed by atoms with E-state index in [1.807, 2.05) is 0 Å². The van der Waals surface area contributed by atoms with E-state index in [9.17, 15) is 9.59 Å². The highest BCUT2D eigenvalue weighted by Crippen LogP contribution is 2.36. The van der Waals surface area contributed by atoms with Crippen molar-refractivity contribution in [3.63, 3.8) is 0 Å². The molecule has 0 saturated heterocycles. The van der Waals surface area contributed by atoms with Crippen LogP contribution in [0.5, 0.6) is 6.01 Å². The van der Waals surface area contributed by atoms with Crippen LogP contribution in [0.25, 0.3) is 16.8 Å². The van der Waals surface area contributed by atoms with Gasteiger partial charge in [0.25, 0.3) is 6.01 Å². The molecule has 0 saturated carbocycles. The van der Waals surface area contributed by atoms with Crippen molar-refractivity contribution in [3.8, 4) is 17.1 Å². The summed E-state index contributed by atoms with van der Waals surface area (Å²) in [4.78, 5) is 32.7. The number of hydrogen-bond donors (Lipinski definition) is 1. The van der Waals surface area contributed by atoms with Gasteiger partial charge in [-0.05, 0) is 37.0 Å². The summed E-state index contributed by atoms with van der Waals surface area (Å²) in [6.45, 7) is 6.56.